The van der Waals surface area contributed by atoms with Crippen LogP contribution in [-0.4, -0.2) is 77.4 Å². The third kappa shape index (κ3) is 4.37. The highest BCUT2D eigenvalue weighted by molar-refractivity contribution is 5.68. The van der Waals surface area contributed by atoms with Crippen LogP contribution in [0.4, 0.5) is 0 Å². The summed E-state index contributed by atoms with van der Waals surface area (Å²) in [6.45, 7) is -0.398. The van der Waals surface area contributed by atoms with E-state index < -0.39 is 37.3 Å². The summed E-state index contributed by atoms with van der Waals surface area (Å²) in [6.07, 6.45) is -5.92. The van der Waals surface area contributed by atoms with Gasteiger partial charge in [0.25, 0.3) is 0 Å². The van der Waals surface area contributed by atoms with E-state index in [0.717, 1.165) is 0 Å². The van der Waals surface area contributed by atoms with Gasteiger partial charge in [0.2, 0.25) is 0 Å². The van der Waals surface area contributed by atoms with E-state index >= 15 is 0 Å². The Labute approximate surface area is 110 Å². The van der Waals surface area contributed by atoms with E-state index in [1.54, 1.807) is 0 Å². The van der Waals surface area contributed by atoms with Crippen molar-refractivity contribution in [3.8, 4) is 0 Å². The minimum absolute atomic E-state index is 0.109. The summed E-state index contributed by atoms with van der Waals surface area (Å²) >= 11 is 0. The Bertz CT molecular complexity index is 282. The lowest BCUT2D eigenvalue weighted by Crippen LogP contribution is -2.59. The topological polar surface area (TPSA) is 126 Å². The van der Waals surface area contributed by atoms with Gasteiger partial charge >= 0.3 is 5.97 Å². The monoisotopic (exact) mass is 280 g/mol. The summed E-state index contributed by atoms with van der Waals surface area (Å²) < 4.78 is 14.7. The van der Waals surface area contributed by atoms with Crippen molar-refractivity contribution in [2.45, 2.75) is 43.5 Å². The lowest BCUT2D eigenvalue weighted by molar-refractivity contribution is -0.301. The van der Waals surface area contributed by atoms with Gasteiger partial charge in [0, 0.05) is 6.42 Å². The Balaban J connectivity index is 2.37. The van der Waals surface area contributed by atoms with Gasteiger partial charge in [0.1, 0.15) is 24.4 Å². The maximum Gasteiger partial charge on any atom is 0.305 e. The average Bonchev–Trinajstić information content (AvgIpc) is 2.42. The molecule has 8 nitrogen and oxygen atoms in total. The number of carbonyl (C=O) groups is 1. The second kappa shape index (κ2) is 7.73. The van der Waals surface area contributed by atoms with Crippen molar-refractivity contribution in [2.75, 3.05) is 20.3 Å². The fourth-order valence-electron chi connectivity index (χ4n) is 1.72. The van der Waals surface area contributed by atoms with Gasteiger partial charge in [-0.1, -0.05) is 0 Å². The second-order valence-corrected chi connectivity index (χ2v) is 4.25. The van der Waals surface area contributed by atoms with E-state index in [9.17, 15) is 20.1 Å². The Kier molecular flexibility index (Phi) is 6.63. The first-order valence-electron chi connectivity index (χ1n) is 6.00. The van der Waals surface area contributed by atoms with Crippen LogP contribution in [0, 0.1) is 0 Å². The SMILES string of the molecule is COC(=O)CCCO[C@H]1O[C@H](CO)[C@@H](O)[C@H](O)[C@@H]1O. The number of hydrogen-bond acceptors (Lipinski definition) is 8. The minimum atomic E-state index is -1.46. The van der Waals surface area contributed by atoms with Crippen molar-refractivity contribution >= 4 is 5.97 Å². The molecule has 112 valence electrons. The minimum Gasteiger partial charge on any atom is -0.469 e. The lowest BCUT2D eigenvalue weighted by Gasteiger charge is -2.39. The summed E-state index contributed by atoms with van der Waals surface area (Å²) in [6, 6.07) is 0. The Morgan fingerprint density at radius 1 is 1.21 bits per heavy atom. The molecule has 8 heteroatoms. The molecule has 0 aromatic carbocycles. The molecule has 5 atom stereocenters. The molecule has 19 heavy (non-hydrogen) atoms. The number of carbonyl (C=O) groups excluding carboxylic acids is 1. The quantitative estimate of drug-likeness (QED) is 0.318. The Morgan fingerprint density at radius 2 is 1.89 bits per heavy atom. The van der Waals surface area contributed by atoms with E-state index in [4.69, 9.17) is 14.6 Å². The van der Waals surface area contributed by atoms with Gasteiger partial charge in [0.05, 0.1) is 20.3 Å². The molecule has 0 aliphatic carbocycles. The zero-order valence-electron chi connectivity index (χ0n) is 10.6. The standard InChI is InChI=1S/C11H20O8/c1-17-7(13)3-2-4-18-11-10(16)9(15)8(14)6(5-12)19-11/h6,8-12,14-16H,2-5H2,1H3/t6-,8-,9+,10+,11+/m1/s1. The number of esters is 1. The molecule has 1 aliphatic rings. The van der Waals surface area contributed by atoms with E-state index in [1.165, 1.54) is 7.11 Å². The van der Waals surface area contributed by atoms with E-state index in [-0.39, 0.29) is 19.0 Å². The molecular weight excluding hydrogens is 260 g/mol. The van der Waals surface area contributed by atoms with Crippen molar-refractivity contribution in [2.24, 2.45) is 0 Å². The molecule has 0 aromatic heterocycles. The highest BCUT2D eigenvalue weighted by Gasteiger charge is 2.43. The first kappa shape index (κ1) is 16.3. The predicted octanol–water partition coefficient (Wildman–Crippen LogP) is -2.24. The van der Waals surface area contributed by atoms with Crippen LogP contribution in [0.15, 0.2) is 0 Å². The molecule has 1 saturated heterocycles. The molecule has 0 bridgehead atoms. The number of ether oxygens (including phenoxy) is 3. The molecule has 0 spiro atoms. The van der Waals surface area contributed by atoms with Crippen molar-refractivity contribution < 1.29 is 39.4 Å². The normalized spacial score (nSPS) is 35.1. The van der Waals surface area contributed by atoms with Crippen LogP contribution in [-0.2, 0) is 19.0 Å². The molecular formula is C11H20O8. The average molecular weight is 280 g/mol. The molecule has 0 radical (unpaired) electrons. The molecule has 0 aromatic rings. The maximum atomic E-state index is 10.9. The highest BCUT2D eigenvalue weighted by Crippen LogP contribution is 2.22. The largest absolute Gasteiger partial charge is 0.469 e. The van der Waals surface area contributed by atoms with Gasteiger partial charge in [-0.3, -0.25) is 4.79 Å². The van der Waals surface area contributed by atoms with Crippen LogP contribution in [0.1, 0.15) is 12.8 Å². The van der Waals surface area contributed by atoms with Crippen LogP contribution in [0.2, 0.25) is 0 Å². The van der Waals surface area contributed by atoms with Crippen molar-refractivity contribution in [1.82, 2.24) is 0 Å². The molecule has 4 N–H and O–H groups in total. The second-order valence-electron chi connectivity index (χ2n) is 4.25. The van der Waals surface area contributed by atoms with Gasteiger partial charge in [-0.2, -0.15) is 0 Å². The Morgan fingerprint density at radius 3 is 2.47 bits per heavy atom. The molecule has 1 rings (SSSR count). The van der Waals surface area contributed by atoms with Crippen molar-refractivity contribution in [1.29, 1.82) is 0 Å². The molecule has 1 aliphatic heterocycles. The van der Waals surface area contributed by atoms with Crippen LogP contribution in [0.3, 0.4) is 0 Å². The predicted molar refractivity (Wildman–Crippen MR) is 61.0 cm³/mol. The first-order chi connectivity index (χ1) is 9.01. The summed E-state index contributed by atoms with van der Waals surface area (Å²) in [5.41, 5.74) is 0. The van der Waals surface area contributed by atoms with Crippen LogP contribution in [0.25, 0.3) is 0 Å². The maximum absolute atomic E-state index is 10.9. The molecule has 0 unspecified atom stereocenters. The van der Waals surface area contributed by atoms with Crippen molar-refractivity contribution in [3.63, 3.8) is 0 Å². The van der Waals surface area contributed by atoms with Gasteiger partial charge in [-0.25, -0.2) is 0 Å². The number of hydrogen-bond donors (Lipinski definition) is 4. The number of methoxy groups -OCH3 is 1. The molecule has 0 saturated carbocycles. The summed E-state index contributed by atoms with van der Waals surface area (Å²) in [7, 11) is 1.28. The highest BCUT2D eigenvalue weighted by atomic mass is 16.7. The number of rotatable bonds is 6. The Hall–Kier alpha value is -0.770. The molecule has 1 heterocycles. The summed E-state index contributed by atoms with van der Waals surface area (Å²) in [5, 5.41) is 37.7. The fourth-order valence-corrected chi connectivity index (χ4v) is 1.72. The zero-order chi connectivity index (χ0) is 14.4. The summed E-state index contributed by atoms with van der Waals surface area (Å²) in [4.78, 5) is 10.9. The van der Waals surface area contributed by atoms with Gasteiger partial charge in [-0.15, -0.1) is 0 Å². The molecule has 0 amide bonds. The van der Waals surface area contributed by atoms with Crippen LogP contribution >= 0.6 is 0 Å². The van der Waals surface area contributed by atoms with Gasteiger partial charge < -0.3 is 34.6 Å². The first-order valence-corrected chi connectivity index (χ1v) is 6.00. The van der Waals surface area contributed by atoms with Crippen LogP contribution < -0.4 is 0 Å². The smallest absolute Gasteiger partial charge is 0.305 e. The zero-order valence-corrected chi connectivity index (χ0v) is 10.6. The van der Waals surface area contributed by atoms with Crippen LogP contribution in [0.5, 0.6) is 0 Å². The number of aliphatic hydroxyl groups excluding tert-OH is 4. The van der Waals surface area contributed by atoms with E-state index in [1.807, 2.05) is 0 Å². The lowest BCUT2D eigenvalue weighted by atomic mass is 9.99. The third-order valence-corrected chi connectivity index (χ3v) is 2.88. The molecule has 1 fully saturated rings. The fraction of sp³-hybridized carbons (Fsp3) is 0.909. The van der Waals surface area contributed by atoms with Crippen molar-refractivity contribution in [3.05, 3.63) is 0 Å². The van der Waals surface area contributed by atoms with Gasteiger partial charge in [-0.05, 0) is 6.42 Å². The number of aliphatic hydroxyl groups is 4. The van der Waals surface area contributed by atoms with Gasteiger partial charge in [0.15, 0.2) is 6.29 Å². The van der Waals surface area contributed by atoms with E-state index in [2.05, 4.69) is 4.74 Å². The van der Waals surface area contributed by atoms with E-state index in [0.29, 0.717) is 6.42 Å². The third-order valence-electron chi connectivity index (χ3n) is 2.88. The summed E-state index contributed by atoms with van der Waals surface area (Å²) in [5.74, 6) is -0.377.